The second kappa shape index (κ2) is 5.36. The maximum absolute atomic E-state index is 3.66. The van der Waals surface area contributed by atoms with Crippen LogP contribution in [0.4, 0.5) is 0 Å². The van der Waals surface area contributed by atoms with Crippen LogP contribution >= 0.6 is 15.9 Å². The molecule has 1 aromatic rings. The Kier molecular flexibility index (Phi) is 4.37. The zero-order valence-electron chi connectivity index (χ0n) is 7.39. The molecule has 0 nitrogen and oxygen atoms in total. The van der Waals surface area contributed by atoms with E-state index < -0.39 is 0 Å². The summed E-state index contributed by atoms with van der Waals surface area (Å²) in [6.45, 7) is 2.22. The van der Waals surface area contributed by atoms with Crippen LogP contribution in [0.5, 0.6) is 0 Å². The number of unbranched alkanes of at least 4 members (excludes halogenated alkanes) is 1. The number of hydrogen-bond donors (Lipinski definition) is 0. The molecule has 0 amide bonds. The summed E-state index contributed by atoms with van der Waals surface area (Å²) in [6, 6.07) is 11.4. The van der Waals surface area contributed by atoms with Gasteiger partial charge in [0.1, 0.15) is 0 Å². The fourth-order valence-corrected chi connectivity index (χ4v) is 1.75. The predicted octanol–water partition coefficient (Wildman–Crippen LogP) is 4.11. The number of hydrogen-bond acceptors (Lipinski definition) is 0. The second-order valence-electron chi connectivity index (χ2n) is 2.93. The van der Waals surface area contributed by atoms with Gasteiger partial charge in [0.15, 0.2) is 0 Å². The van der Waals surface area contributed by atoms with Crippen LogP contribution < -0.4 is 0 Å². The quantitative estimate of drug-likeness (QED) is 0.677. The van der Waals surface area contributed by atoms with Gasteiger partial charge in [-0.2, -0.15) is 0 Å². The number of halogens is 1. The average Bonchev–Trinajstić information content (AvgIpc) is 2.15. The smallest absolute Gasteiger partial charge is 0.0401 e. The molecule has 0 aliphatic rings. The van der Waals surface area contributed by atoms with Crippen molar-refractivity contribution in [2.75, 3.05) is 0 Å². The Morgan fingerprint density at radius 3 is 2.92 bits per heavy atom. The van der Waals surface area contributed by atoms with Gasteiger partial charge < -0.3 is 0 Å². The summed E-state index contributed by atoms with van der Waals surface area (Å²) >= 11 is 3.66. The van der Waals surface area contributed by atoms with Gasteiger partial charge in [-0.15, -0.1) is 0 Å². The Balaban J connectivity index is 2.48. The number of alkyl halides is 1. The number of benzene rings is 1. The van der Waals surface area contributed by atoms with Gasteiger partial charge in [-0.25, -0.2) is 0 Å². The van der Waals surface area contributed by atoms with E-state index >= 15 is 0 Å². The van der Waals surface area contributed by atoms with Gasteiger partial charge in [0.05, 0.1) is 0 Å². The van der Waals surface area contributed by atoms with Gasteiger partial charge in [0.2, 0.25) is 0 Å². The molecule has 1 aromatic carbocycles. The van der Waals surface area contributed by atoms with E-state index in [2.05, 4.69) is 41.1 Å². The molecule has 0 saturated carbocycles. The predicted molar refractivity (Wildman–Crippen MR) is 56.5 cm³/mol. The van der Waals surface area contributed by atoms with E-state index in [4.69, 9.17) is 0 Å². The second-order valence-corrected chi connectivity index (χ2v) is 4.03. The van der Waals surface area contributed by atoms with Gasteiger partial charge in [0, 0.05) is 4.83 Å². The highest BCUT2D eigenvalue weighted by molar-refractivity contribution is 9.09. The first-order valence-electron chi connectivity index (χ1n) is 4.45. The van der Waals surface area contributed by atoms with Crippen molar-refractivity contribution in [2.45, 2.75) is 31.0 Å². The van der Waals surface area contributed by atoms with Crippen LogP contribution in [0.25, 0.3) is 0 Å². The van der Waals surface area contributed by atoms with Crippen LogP contribution in [0.15, 0.2) is 24.3 Å². The molecule has 1 unspecified atom stereocenters. The molecule has 12 heavy (non-hydrogen) atoms. The van der Waals surface area contributed by atoms with Crippen LogP contribution in [0.2, 0.25) is 0 Å². The van der Waals surface area contributed by atoms with E-state index in [1.165, 1.54) is 24.8 Å². The molecule has 1 rings (SSSR count). The van der Waals surface area contributed by atoms with Crippen LogP contribution in [0.3, 0.4) is 0 Å². The molecular formula is C11H14Br. The third-order valence-corrected chi connectivity index (χ3v) is 2.83. The minimum atomic E-state index is 0.485. The van der Waals surface area contributed by atoms with E-state index in [9.17, 15) is 0 Å². The fourth-order valence-electron chi connectivity index (χ4n) is 1.14. The summed E-state index contributed by atoms with van der Waals surface area (Å²) in [5.41, 5.74) is 1.27. The summed E-state index contributed by atoms with van der Waals surface area (Å²) in [4.78, 5) is 0.485. The minimum absolute atomic E-state index is 0.485. The first-order valence-corrected chi connectivity index (χ1v) is 5.37. The van der Waals surface area contributed by atoms with E-state index in [0.29, 0.717) is 4.83 Å². The Morgan fingerprint density at radius 2 is 2.33 bits per heavy atom. The molecule has 0 heterocycles. The van der Waals surface area contributed by atoms with E-state index in [-0.39, 0.29) is 0 Å². The number of rotatable bonds is 4. The minimum Gasteiger partial charge on any atom is -0.0839 e. The average molecular weight is 226 g/mol. The Hall–Kier alpha value is -0.300. The van der Waals surface area contributed by atoms with Gasteiger partial charge in [-0.1, -0.05) is 60.0 Å². The van der Waals surface area contributed by atoms with Crippen molar-refractivity contribution >= 4 is 15.9 Å². The summed E-state index contributed by atoms with van der Waals surface area (Å²) in [5, 5.41) is 0. The van der Waals surface area contributed by atoms with Crippen LogP contribution in [-0.2, 0) is 0 Å². The van der Waals surface area contributed by atoms with Crippen LogP contribution in [0, 0.1) is 6.07 Å². The monoisotopic (exact) mass is 225 g/mol. The maximum Gasteiger partial charge on any atom is 0.0401 e. The lowest BCUT2D eigenvalue weighted by Crippen LogP contribution is -1.88. The van der Waals surface area contributed by atoms with Crippen molar-refractivity contribution < 1.29 is 0 Å². The zero-order chi connectivity index (χ0) is 8.81. The van der Waals surface area contributed by atoms with Crippen molar-refractivity contribution in [3.63, 3.8) is 0 Å². The summed E-state index contributed by atoms with van der Waals surface area (Å²) in [5.74, 6) is 0. The van der Waals surface area contributed by atoms with Gasteiger partial charge in [-0.05, 0) is 18.1 Å². The SMILES string of the molecule is CCCCC(Br)c1[c]cccc1. The van der Waals surface area contributed by atoms with Gasteiger partial charge >= 0.3 is 0 Å². The Labute approximate surface area is 83.1 Å². The summed E-state index contributed by atoms with van der Waals surface area (Å²) < 4.78 is 0. The van der Waals surface area contributed by atoms with Crippen LogP contribution in [-0.4, -0.2) is 0 Å². The van der Waals surface area contributed by atoms with Crippen LogP contribution in [0.1, 0.15) is 36.6 Å². The molecule has 0 aliphatic carbocycles. The third kappa shape index (κ3) is 2.98. The molecule has 0 fully saturated rings. The summed E-state index contributed by atoms with van der Waals surface area (Å²) in [6.07, 6.45) is 3.74. The Morgan fingerprint density at radius 1 is 1.50 bits per heavy atom. The van der Waals surface area contributed by atoms with E-state index in [0.717, 1.165) is 0 Å². The lowest BCUT2D eigenvalue weighted by atomic mass is 10.1. The van der Waals surface area contributed by atoms with Crippen molar-refractivity contribution in [3.8, 4) is 0 Å². The van der Waals surface area contributed by atoms with Crippen molar-refractivity contribution in [1.82, 2.24) is 0 Å². The first-order chi connectivity index (χ1) is 5.84. The molecular weight excluding hydrogens is 212 g/mol. The molecule has 0 spiro atoms. The van der Waals surface area contributed by atoms with Gasteiger partial charge in [-0.3, -0.25) is 0 Å². The molecule has 1 radical (unpaired) electrons. The standard InChI is InChI=1S/C11H14Br/c1-2-3-9-11(12)10-7-5-4-6-8-10/h4-7,11H,2-3,9H2,1H3. The molecule has 0 bridgehead atoms. The molecule has 0 N–H and O–H groups in total. The zero-order valence-corrected chi connectivity index (χ0v) is 8.97. The van der Waals surface area contributed by atoms with E-state index in [1.807, 2.05) is 12.1 Å². The normalized spacial score (nSPS) is 12.8. The molecule has 65 valence electrons. The third-order valence-electron chi connectivity index (χ3n) is 1.88. The Bertz CT molecular complexity index is 206. The van der Waals surface area contributed by atoms with Crippen molar-refractivity contribution in [3.05, 3.63) is 35.9 Å². The lowest BCUT2D eigenvalue weighted by molar-refractivity contribution is 0.712. The topological polar surface area (TPSA) is 0 Å². The van der Waals surface area contributed by atoms with Gasteiger partial charge in [0.25, 0.3) is 0 Å². The molecule has 0 aliphatic heterocycles. The molecule has 0 saturated heterocycles. The van der Waals surface area contributed by atoms with E-state index in [1.54, 1.807) is 0 Å². The molecule has 1 heteroatoms. The van der Waals surface area contributed by atoms with Crippen molar-refractivity contribution in [2.24, 2.45) is 0 Å². The maximum atomic E-state index is 3.66. The highest BCUT2D eigenvalue weighted by Gasteiger charge is 2.04. The highest BCUT2D eigenvalue weighted by Crippen LogP contribution is 2.27. The highest BCUT2D eigenvalue weighted by atomic mass is 79.9. The largest absolute Gasteiger partial charge is 0.0839 e. The molecule has 0 aromatic heterocycles. The molecule has 1 atom stereocenters. The van der Waals surface area contributed by atoms with Crippen molar-refractivity contribution in [1.29, 1.82) is 0 Å². The summed E-state index contributed by atoms with van der Waals surface area (Å²) in [7, 11) is 0. The first kappa shape index (κ1) is 9.79. The lowest BCUT2D eigenvalue weighted by Gasteiger charge is -2.07. The fraction of sp³-hybridized carbons (Fsp3) is 0.455.